The van der Waals surface area contributed by atoms with Crippen molar-refractivity contribution >= 4 is 23.9 Å². The Labute approximate surface area is 66.8 Å². The second-order valence-electron chi connectivity index (χ2n) is 1.88. The summed E-state index contributed by atoms with van der Waals surface area (Å²) in [6, 6.07) is 1.18. The fourth-order valence-electron chi connectivity index (χ4n) is 0.668. The molecule has 5 heteroatoms. The minimum absolute atomic E-state index is 0.0281. The minimum Gasteiger partial charge on any atom is -0.478 e. The SMILES string of the molecule is O=Cc1cc(C(=O)O)c(Cl)[nH]1. The lowest BCUT2D eigenvalue weighted by atomic mass is 10.3. The van der Waals surface area contributed by atoms with E-state index in [9.17, 15) is 9.59 Å². The highest BCUT2D eigenvalue weighted by Crippen LogP contribution is 2.14. The quantitative estimate of drug-likeness (QED) is 0.660. The van der Waals surface area contributed by atoms with Crippen molar-refractivity contribution in [1.82, 2.24) is 4.98 Å². The third-order valence-electron chi connectivity index (χ3n) is 1.15. The van der Waals surface area contributed by atoms with Gasteiger partial charge >= 0.3 is 5.97 Å². The Morgan fingerprint density at radius 2 is 2.36 bits per heavy atom. The Kier molecular flexibility index (Phi) is 1.96. The van der Waals surface area contributed by atoms with Gasteiger partial charge in [0.05, 0.1) is 11.3 Å². The van der Waals surface area contributed by atoms with Crippen molar-refractivity contribution in [3.63, 3.8) is 0 Å². The number of carboxylic acids is 1. The smallest absolute Gasteiger partial charge is 0.338 e. The first-order valence-corrected chi connectivity index (χ1v) is 3.10. The van der Waals surface area contributed by atoms with Crippen LogP contribution < -0.4 is 0 Å². The lowest BCUT2D eigenvalue weighted by Gasteiger charge is -1.84. The van der Waals surface area contributed by atoms with Gasteiger partial charge in [-0.1, -0.05) is 11.6 Å². The number of aromatic amines is 1. The molecule has 0 fully saturated rings. The van der Waals surface area contributed by atoms with Gasteiger partial charge in [-0.05, 0) is 6.07 Å². The first-order chi connectivity index (χ1) is 5.15. The van der Waals surface area contributed by atoms with E-state index in [4.69, 9.17) is 16.7 Å². The number of hydrogen-bond acceptors (Lipinski definition) is 2. The third-order valence-corrected chi connectivity index (χ3v) is 1.45. The van der Waals surface area contributed by atoms with Crippen molar-refractivity contribution in [2.75, 3.05) is 0 Å². The van der Waals surface area contributed by atoms with E-state index in [1.165, 1.54) is 6.07 Å². The van der Waals surface area contributed by atoms with Crippen LogP contribution in [0.5, 0.6) is 0 Å². The van der Waals surface area contributed by atoms with Gasteiger partial charge in [-0.25, -0.2) is 4.79 Å². The second-order valence-corrected chi connectivity index (χ2v) is 2.25. The summed E-state index contributed by atoms with van der Waals surface area (Å²) in [6.45, 7) is 0. The number of halogens is 1. The molecule has 0 aliphatic heterocycles. The van der Waals surface area contributed by atoms with Crippen molar-refractivity contribution in [3.05, 3.63) is 22.5 Å². The predicted molar refractivity (Wildman–Crippen MR) is 38.1 cm³/mol. The van der Waals surface area contributed by atoms with Gasteiger partial charge in [-0.2, -0.15) is 0 Å². The summed E-state index contributed by atoms with van der Waals surface area (Å²) in [5.74, 6) is -1.15. The molecule has 0 atom stereocenters. The molecule has 58 valence electrons. The van der Waals surface area contributed by atoms with Gasteiger partial charge in [0.1, 0.15) is 5.15 Å². The number of carboxylic acid groups (broad SMARTS) is 1. The summed E-state index contributed by atoms with van der Waals surface area (Å²) in [5, 5.41) is 8.43. The molecule has 1 aromatic heterocycles. The molecule has 0 aliphatic rings. The lowest BCUT2D eigenvalue weighted by molar-refractivity contribution is 0.0697. The van der Waals surface area contributed by atoms with Gasteiger partial charge in [-0.3, -0.25) is 4.79 Å². The number of carbonyl (C=O) groups excluding carboxylic acids is 1. The molecule has 0 radical (unpaired) electrons. The van der Waals surface area contributed by atoms with Crippen LogP contribution in [-0.4, -0.2) is 22.3 Å². The topological polar surface area (TPSA) is 70.2 Å². The van der Waals surface area contributed by atoms with E-state index in [1.54, 1.807) is 0 Å². The number of H-pyrrole nitrogens is 1. The molecule has 2 N–H and O–H groups in total. The van der Waals surface area contributed by atoms with E-state index < -0.39 is 5.97 Å². The van der Waals surface area contributed by atoms with E-state index in [-0.39, 0.29) is 16.4 Å². The molecule has 1 heterocycles. The third kappa shape index (κ3) is 1.40. The molecule has 0 saturated heterocycles. The van der Waals surface area contributed by atoms with Crippen molar-refractivity contribution in [3.8, 4) is 0 Å². The highest BCUT2D eigenvalue weighted by molar-refractivity contribution is 6.32. The lowest BCUT2D eigenvalue weighted by Crippen LogP contribution is -1.93. The molecule has 1 rings (SSSR count). The number of aromatic carboxylic acids is 1. The van der Waals surface area contributed by atoms with Crippen LogP contribution in [-0.2, 0) is 0 Å². The second kappa shape index (κ2) is 2.75. The molecular weight excluding hydrogens is 170 g/mol. The highest BCUT2D eigenvalue weighted by atomic mass is 35.5. The van der Waals surface area contributed by atoms with Gasteiger partial charge < -0.3 is 10.1 Å². The Hall–Kier alpha value is -1.29. The van der Waals surface area contributed by atoms with Crippen molar-refractivity contribution in [2.24, 2.45) is 0 Å². The zero-order chi connectivity index (χ0) is 8.43. The maximum absolute atomic E-state index is 10.3. The van der Waals surface area contributed by atoms with Gasteiger partial charge in [0.25, 0.3) is 0 Å². The van der Waals surface area contributed by atoms with Crippen LogP contribution in [0.1, 0.15) is 20.8 Å². The van der Waals surface area contributed by atoms with Gasteiger partial charge in [0.15, 0.2) is 6.29 Å². The molecule has 1 aromatic rings. The summed E-state index contributed by atoms with van der Waals surface area (Å²) in [6.07, 6.45) is 0.498. The minimum atomic E-state index is -1.15. The zero-order valence-corrected chi connectivity index (χ0v) is 6.05. The number of nitrogens with one attached hydrogen (secondary N) is 1. The molecule has 4 nitrogen and oxygen atoms in total. The van der Waals surface area contributed by atoms with Crippen molar-refractivity contribution in [1.29, 1.82) is 0 Å². The van der Waals surface area contributed by atoms with Crippen LogP contribution in [0.3, 0.4) is 0 Å². The summed E-state index contributed by atoms with van der Waals surface area (Å²) in [7, 11) is 0. The maximum atomic E-state index is 10.3. The molecule has 0 aliphatic carbocycles. The normalized spacial score (nSPS) is 9.55. The maximum Gasteiger partial charge on any atom is 0.338 e. The highest BCUT2D eigenvalue weighted by Gasteiger charge is 2.11. The standard InChI is InChI=1S/C6H4ClNO3/c7-5-4(6(10)11)1-3(2-9)8-5/h1-2,8H,(H,10,11). The first kappa shape index (κ1) is 7.81. The fraction of sp³-hybridized carbons (Fsp3) is 0. The Morgan fingerprint density at radius 1 is 1.73 bits per heavy atom. The van der Waals surface area contributed by atoms with Crippen LogP contribution in [0.2, 0.25) is 5.15 Å². The molecule has 0 aromatic carbocycles. The van der Waals surface area contributed by atoms with E-state index in [2.05, 4.69) is 4.98 Å². The molecule has 0 amide bonds. The predicted octanol–water partition coefficient (Wildman–Crippen LogP) is 1.18. The number of rotatable bonds is 2. The van der Waals surface area contributed by atoms with E-state index in [0.717, 1.165) is 0 Å². The van der Waals surface area contributed by atoms with Gasteiger partial charge in [0.2, 0.25) is 0 Å². The summed E-state index contributed by atoms with van der Waals surface area (Å²) < 4.78 is 0. The Morgan fingerprint density at radius 3 is 2.64 bits per heavy atom. The van der Waals surface area contributed by atoms with Crippen LogP contribution in [0.4, 0.5) is 0 Å². The van der Waals surface area contributed by atoms with E-state index in [0.29, 0.717) is 6.29 Å². The van der Waals surface area contributed by atoms with E-state index >= 15 is 0 Å². The first-order valence-electron chi connectivity index (χ1n) is 2.72. The number of aldehydes is 1. The van der Waals surface area contributed by atoms with Crippen molar-refractivity contribution in [2.45, 2.75) is 0 Å². The Balaban J connectivity index is 3.16. The molecule has 0 unspecified atom stereocenters. The largest absolute Gasteiger partial charge is 0.478 e. The monoisotopic (exact) mass is 173 g/mol. The van der Waals surface area contributed by atoms with Crippen LogP contribution in [0, 0.1) is 0 Å². The number of aromatic nitrogens is 1. The average Bonchev–Trinajstić information content (AvgIpc) is 2.30. The summed E-state index contributed by atoms with van der Waals surface area (Å²) in [5.41, 5.74) is 0.0705. The van der Waals surface area contributed by atoms with Crippen LogP contribution in [0.15, 0.2) is 6.07 Å². The summed E-state index contributed by atoms with van der Waals surface area (Å²) >= 11 is 5.42. The Bertz CT molecular complexity index is 305. The molecule has 11 heavy (non-hydrogen) atoms. The van der Waals surface area contributed by atoms with Crippen LogP contribution in [0.25, 0.3) is 0 Å². The van der Waals surface area contributed by atoms with Crippen molar-refractivity contribution < 1.29 is 14.7 Å². The molecule has 0 bridgehead atoms. The van der Waals surface area contributed by atoms with Crippen LogP contribution >= 0.6 is 11.6 Å². The molecule has 0 spiro atoms. The number of hydrogen-bond donors (Lipinski definition) is 2. The number of carbonyl (C=O) groups is 2. The molecule has 0 saturated carbocycles. The fourth-order valence-corrected chi connectivity index (χ4v) is 0.913. The van der Waals surface area contributed by atoms with E-state index in [1.807, 2.05) is 0 Å². The van der Waals surface area contributed by atoms with Gasteiger partial charge in [-0.15, -0.1) is 0 Å². The molecular formula is C6H4ClNO3. The average molecular weight is 174 g/mol. The zero-order valence-electron chi connectivity index (χ0n) is 5.30. The van der Waals surface area contributed by atoms with Gasteiger partial charge in [0, 0.05) is 0 Å². The summed E-state index contributed by atoms with van der Waals surface area (Å²) in [4.78, 5) is 22.8.